The molecule has 1 heterocycles. The molecule has 0 radical (unpaired) electrons. The van der Waals surface area contributed by atoms with Crippen LogP contribution in [0.15, 0.2) is 43.6 Å². The number of fused-ring (bicyclic) bond motifs is 1. The Bertz CT molecular complexity index is 797. The third kappa shape index (κ3) is 5.64. The van der Waals surface area contributed by atoms with Gasteiger partial charge >= 0.3 is 5.97 Å². The van der Waals surface area contributed by atoms with E-state index in [1.54, 1.807) is 12.3 Å². The fourth-order valence-electron chi connectivity index (χ4n) is 2.03. The van der Waals surface area contributed by atoms with Gasteiger partial charge in [0.25, 0.3) is 0 Å². The average molecular weight is 340 g/mol. The van der Waals surface area contributed by atoms with Gasteiger partial charge in [-0.25, -0.2) is 14.8 Å². The first kappa shape index (κ1) is 20.2. The lowest BCUT2D eigenvalue weighted by molar-refractivity contribution is -0.128. The van der Waals surface area contributed by atoms with Crippen molar-refractivity contribution in [3.8, 4) is 5.75 Å². The molecule has 0 aliphatic rings. The van der Waals surface area contributed by atoms with Crippen molar-refractivity contribution in [3.05, 3.63) is 54.9 Å². The quantitative estimate of drug-likeness (QED) is 0.461. The Balaban J connectivity index is 0.000000550. The van der Waals surface area contributed by atoms with Gasteiger partial charge in [-0.15, -0.1) is 0 Å². The van der Waals surface area contributed by atoms with Gasteiger partial charge in [0.1, 0.15) is 5.52 Å². The first-order chi connectivity index (χ1) is 11.8. The second-order valence-electron chi connectivity index (χ2n) is 5.61. The van der Waals surface area contributed by atoms with Crippen molar-refractivity contribution in [3.63, 3.8) is 0 Å². The van der Waals surface area contributed by atoms with Crippen LogP contribution in [-0.4, -0.2) is 21.7 Å². The number of hydrogen-bond donors (Lipinski definition) is 0. The minimum absolute atomic E-state index is 0.0185. The predicted octanol–water partition coefficient (Wildman–Crippen LogP) is 4.30. The first-order valence-electron chi connectivity index (χ1n) is 8.07. The summed E-state index contributed by atoms with van der Waals surface area (Å²) in [5.41, 5.74) is 3.38. The second kappa shape index (κ2) is 9.47. The van der Waals surface area contributed by atoms with Gasteiger partial charge in [-0.2, -0.15) is 0 Å². The lowest BCUT2D eigenvalue weighted by Gasteiger charge is -2.14. The molecular weight excluding hydrogens is 316 g/mol. The van der Waals surface area contributed by atoms with Crippen LogP contribution in [0.4, 0.5) is 0 Å². The number of aromatic nitrogens is 2. The summed E-state index contributed by atoms with van der Waals surface area (Å²) in [6.07, 6.45) is 5.10. The Morgan fingerprint density at radius 2 is 1.88 bits per heavy atom. The number of nitrogens with zero attached hydrogens (tertiary/aromatic N) is 2. The van der Waals surface area contributed by atoms with Gasteiger partial charge in [0.2, 0.25) is 0 Å². The van der Waals surface area contributed by atoms with E-state index in [1.165, 1.54) is 13.0 Å². The van der Waals surface area contributed by atoms with E-state index < -0.39 is 5.97 Å². The molecule has 1 aromatic heterocycles. The molecule has 0 bridgehead atoms. The molecule has 0 amide bonds. The molecule has 0 fully saturated rings. The maximum absolute atomic E-state index is 11.4. The molecule has 1 atom stereocenters. The van der Waals surface area contributed by atoms with Crippen molar-refractivity contribution in [1.29, 1.82) is 0 Å². The third-order valence-electron chi connectivity index (χ3n) is 3.62. The number of allylic oxidation sites excluding steroid dienone is 1. The molecular formula is C20H24N2O3. The summed E-state index contributed by atoms with van der Waals surface area (Å²) < 4.78 is 5.23. The van der Waals surface area contributed by atoms with Gasteiger partial charge in [-0.1, -0.05) is 33.1 Å². The van der Waals surface area contributed by atoms with Crippen molar-refractivity contribution in [2.45, 2.75) is 40.0 Å². The topological polar surface area (TPSA) is 69.2 Å². The minimum atomic E-state index is -0.495. The minimum Gasteiger partial charge on any atom is -0.421 e. The maximum Gasteiger partial charge on any atom is 0.335 e. The fraction of sp³-hybridized carbons (Fsp3) is 0.300. The number of aryl methyl sites for hydroxylation is 1. The Labute approximate surface area is 148 Å². The molecule has 0 saturated heterocycles. The van der Waals surface area contributed by atoms with E-state index in [0.717, 1.165) is 29.3 Å². The monoisotopic (exact) mass is 340 g/mol. The summed E-state index contributed by atoms with van der Waals surface area (Å²) >= 11 is 0. The molecule has 0 saturated carbocycles. The van der Waals surface area contributed by atoms with Crippen LogP contribution in [0.5, 0.6) is 5.75 Å². The number of benzene rings is 1. The second-order valence-corrected chi connectivity index (χ2v) is 5.61. The highest BCUT2D eigenvalue weighted by Crippen LogP contribution is 2.31. The molecule has 2 aromatic rings. The average Bonchev–Trinajstić information content (AvgIpc) is 2.61. The van der Waals surface area contributed by atoms with Gasteiger partial charge in [0.15, 0.2) is 11.5 Å². The molecule has 5 heteroatoms. The van der Waals surface area contributed by atoms with Crippen LogP contribution < -0.4 is 4.74 Å². The van der Waals surface area contributed by atoms with E-state index in [0.29, 0.717) is 17.2 Å². The van der Waals surface area contributed by atoms with Crippen LogP contribution in [0.1, 0.15) is 44.4 Å². The summed E-state index contributed by atoms with van der Waals surface area (Å²) in [5, 5.41) is 0. The van der Waals surface area contributed by atoms with E-state index in [1.807, 2.05) is 13.0 Å². The number of esters is 1. The number of hydrogen-bond acceptors (Lipinski definition) is 5. The SMILES string of the molecule is C=CC(=O)Oc1ccc(C(C)CC)c2nc(C)cnc12.C=CC(C)=O. The van der Waals surface area contributed by atoms with Gasteiger partial charge in [0, 0.05) is 12.3 Å². The Morgan fingerprint density at radius 1 is 1.24 bits per heavy atom. The zero-order valence-electron chi connectivity index (χ0n) is 15.2. The zero-order valence-corrected chi connectivity index (χ0v) is 15.2. The van der Waals surface area contributed by atoms with Gasteiger partial charge in [-0.05, 0) is 43.9 Å². The van der Waals surface area contributed by atoms with E-state index in [2.05, 4.69) is 37.0 Å². The number of carbonyl (C=O) groups excluding carboxylic acids is 2. The normalized spacial score (nSPS) is 11.0. The van der Waals surface area contributed by atoms with Gasteiger partial charge in [-0.3, -0.25) is 4.79 Å². The van der Waals surface area contributed by atoms with Gasteiger partial charge in [0.05, 0.1) is 11.2 Å². The van der Waals surface area contributed by atoms with Crippen molar-refractivity contribution in [1.82, 2.24) is 9.97 Å². The Morgan fingerprint density at radius 3 is 2.40 bits per heavy atom. The molecule has 1 aromatic carbocycles. The van der Waals surface area contributed by atoms with E-state index in [-0.39, 0.29) is 5.78 Å². The van der Waals surface area contributed by atoms with Crippen molar-refractivity contribution < 1.29 is 14.3 Å². The van der Waals surface area contributed by atoms with E-state index in [4.69, 9.17) is 4.74 Å². The summed E-state index contributed by atoms with van der Waals surface area (Å²) in [6, 6.07) is 3.73. The van der Waals surface area contributed by atoms with E-state index >= 15 is 0 Å². The van der Waals surface area contributed by atoms with Crippen molar-refractivity contribution >= 4 is 22.8 Å². The summed E-state index contributed by atoms with van der Waals surface area (Å²) in [7, 11) is 0. The van der Waals surface area contributed by atoms with Crippen molar-refractivity contribution in [2.75, 3.05) is 0 Å². The fourth-order valence-corrected chi connectivity index (χ4v) is 2.03. The standard InChI is InChI=1S/C16H18N2O2.C4H6O/c1-5-10(3)12-7-8-13(20-14(19)6-2)16-15(12)18-11(4)9-17-16;1-3-4(2)5/h6-10H,2,5H2,1,3-4H3;3H,1H2,2H3. The summed E-state index contributed by atoms with van der Waals surface area (Å²) in [6.45, 7) is 14.3. The molecule has 0 spiro atoms. The number of carbonyl (C=O) groups is 2. The van der Waals surface area contributed by atoms with Crippen molar-refractivity contribution in [2.24, 2.45) is 0 Å². The molecule has 5 nitrogen and oxygen atoms in total. The van der Waals surface area contributed by atoms with Crippen LogP contribution in [0.2, 0.25) is 0 Å². The lowest BCUT2D eigenvalue weighted by atomic mass is 9.97. The number of rotatable bonds is 5. The molecule has 0 aliphatic heterocycles. The summed E-state index contributed by atoms with van der Waals surface area (Å²) in [5.74, 6) is 0.317. The Hall–Kier alpha value is -2.82. The van der Waals surface area contributed by atoms with Crippen LogP contribution in [0.25, 0.3) is 11.0 Å². The van der Waals surface area contributed by atoms with Crippen LogP contribution >= 0.6 is 0 Å². The molecule has 1 unspecified atom stereocenters. The van der Waals surface area contributed by atoms with Crippen LogP contribution in [-0.2, 0) is 9.59 Å². The maximum atomic E-state index is 11.4. The largest absolute Gasteiger partial charge is 0.421 e. The molecule has 0 aliphatic carbocycles. The highest BCUT2D eigenvalue weighted by molar-refractivity contribution is 5.90. The Kier molecular flexibility index (Phi) is 7.66. The zero-order chi connectivity index (χ0) is 19.0. The van der Waals surface area contributed by atoms with Crippen LogP contribution in [0.3, 0.4) is 0 Å². The third-order valence-corrected chi connectivity index (χ3v) is 3.62. The summed E-state index contributed by atoms with van der Waals surface area (Å²) in [4.78, 5) is 30.0. The smallest absolute Gasteiger partial charge is 0.335 e. The highest BCUT2D eigenvalue weighted by atomic mass is 16.5. The lowest BCUT2D eigenvalue weighted by Crippen LogP contribution is -2.06. The highest BCUT2D eigenvalue weighted by Gasteiger charge is 2.15. The van der Waals surface area contributed by atoms with Crippen LogP contribution in [0, 0.1) is 6.92 Å². The number of ketones is 1. The van der Waals surface area contributed by atoms with E-state index in [9.17, 15) is 9.59 Å². The molecule has 0 N–H and O–H groups in total. The molecule has 132 valence electrons. The predicted molar refractivity (Wildman–Crippen MR) is 99.7 cm³/mol. The molecule has 2 rings (SSSR count). The number of ether oxygens (including phenoxy) is 1. The van der Waals surface area contributed by atoms with Gasteiger partial charge < -0.3 is 4.74 Å². The molecule has 25 heavy (non-hydrogen) atoms. The first-order valence-corrected chi connectivity index (χ1v) is 8.07.